The Morgan fingerprint density at radius 1 is 1.07 bits per heavy atom. The van der Waals surface area contributed by atoms with E-state index in [1.54, 1.807) is 36.4 Å². The van der Waals surface area contributed by atoms with Crippen molar-refractivity contribution in [2.75, 3.05) is 13.1 Å². The molecule has 1 N–H and O–H groups in total. The number of carboxylic acids is 1. The predicted octanol–water partition coefficient (Wildman–Crippen LogP) is 4.06. The molecule has 148 valence electrons. The first kappa shape index (κ1) is 19.7. The van der Waals surface area contributed by atoms with E-state index in [2.05, 4.69) is 0 Å². The van der Waals surface area contributed by atoms with E-state index in [-0.39, 0.29) is 12.2 Å². The van der Waals surface area contributed by atoms with Crippen molar-refractivity contribution in [2.24, 2.45) is 5.41 Å². The molecule has 0 spiro atoms. The molecule has 0 saturated carbocycles. The highest BCUT2D eigenvalue weighted by molar-refractivity contribution is 5.80. The van der Waals surface area contributed by atoms with Gasteiger partial charge in [0.25, 0.3) is 0 Å². The quantitative estimate of drug-likeness (QED) is 0.851. The number of likely N-dealkylation sites (tertiary alicyclic amines) is 1. The van der Waals surface area contributed by atoms with Crippen LogP contribution in [0, 0.1) is 5.41 Å². The molecule has 0 radical (unpaired) electrons. The summed E-state index contributed by atoms with van der Waals surface area (Å²) in [5, 5.41) is 9.54. The lowest BCUT2D eigenvalue weighted by Gasteiger charge is -2.32. The van der Waals surface area contributed by atoms with Crippen LogP contribution in [-0.2, 0) is 16.1 Å². The van der Waals surface area contributed by atoms with Gasteiger partial charge in [-0.1, -0.05) is 60.7 Å². The monoisotopic (exact) mass is 393 g/mol. The average molecular weight is 393 g/mol. The normalized spacial score (nSPS) is 22.1. The predicted molar refractivity (Wildman–Crippen MR) is 93.5 cm³/mol. The van der Waals surface area contributed by atoms with Crippen LogP contribution in [-0.4, -0.2) is 41.3 Å². The summed E-state index contributed by atoms with van der Waals surface area (Å²) in [6.45, 7) is -1.51. The van der Waals surface area contributed by atoms with E-state index >= 15 is 0 Å². The topological polar surface area (TPSA) is 66.8 Å². The number of hydrogen-bond donors (Lipinski definition) is 1. The third-order valence-corrected chi connectivity index (χ3v) is 4.99. The smallest absolute Gasteiger partial charge is 0.410 e. The summed E-state index contributed by atoms with van der Waals surface area (Å²) in [6, 6.07) is 16.3. The fourth-order valence-corrected chi connectivity index (χ4v) is 3.50. The highest BCUT2D eigenvalue weighted by atomic mass is 19.4. The van der Waals surface area contributed by atoms with Crippen molar-refractivity contribution in [2.45, 2.75) is 18.7 Å². The molecule has 8 heteroatoms. The first-order chi connectivity index (χ1) is 13.3. The molecule has 2 aromatic rings. The van der Waals surface area contributed by atoms with Gasteiger partial charge in [0.2, 0.25) is 0 Å². The Kier molecular flexibility index (Phi) is 5.31. The van der Waals surface area contributed by atoms with Crippen molar-refractivity contribution in [3.05, 3.63) is 71.8 Å². The molecule has 2 atom stereocenters. The van der Waals surface area contributed by atoms with Gasteiger partial charge >= 0.3 is 18.2 Å². The second-order valence-corrected chi connectivity index (χ2v) is 6.66. The van der Waals surface area contributed by atoms with Crippen LogP contribution >= 0.6 is 0 Å². The highest BCUT2D eigenvalue weighted by Gasteiger charge is 2.69. The van der Waals surface area contributed by atoms with Crippen molar-refractivity contribution >= 4 is 12.1 Å². The van der Waals surface area contributed by atoms with Crippen LogP contribution in [0.15, 0.2) is 60.7 Å². The van der Waals surface area contributed by atoms with E-state index in [9.17, 15) is 27.9 Å². The van der Waals surface area contributed by atoms with Crippen LogP contribution in [0.4, 0.5) is 18.0 Å². The molecular formula is C20H18F3NO4. The van der Waals surface area contributed by atoms with Crippen molar-refractivity contribution < 1.29 is 32.6 Å². The number of carbonyl (C=O) groups is 2. The van der Waals surface area contributed by atoms with E-state index in [1.807, 2.05) is 0 Å². The highest BCUT2D eigenvalue weighted by Crippen LogP contribution is 2.53. The second-order valence-electron chi connectivity index (χ2n) is 6.66. The zero-order valence-corrected chi connectivity index (χ0v) is 14.7. The van der Waals surface area contributed by atoms with Crippen LogP contribution in [0.1, 0.15) is 17.0 Å². The number of benzene rings is 2. The van der Waals surface area contributed by atoms with E-state index in [1.165, 1.54) is 24.3 Å². The van der Waals surface area contributed by atoms with Crippen LogP contribution in [0.25, 0.3) is 0 Å². The Morgan fingerprint density at radius 3 is 2.18 bits per heavy atom. The summed E-state index contributed by atoms with van der Waals surface area (Å²) in [4.78, 5) is 25.0. The summed E-state index contributed by atoms with van der Waals surface area (Å²) >= 11 is 0. The van der Waals surface area contributed by atoms with Crippen molar-refractivity contribution in [3.63, 3.8) is 0 Å². The molecule has 1 fully saturated rings. The number of alkyl halides is 3. The molecule has 1 aliphatic rings. The number of aliphatic carboxylic acids is 1. The van der Waals surface area contributed by atoms with Gasteiger partial charge in [-0.05, 0) is 11.1 Å². The summed E-state index contributed by atoms with van der Waals surface area (Å²) in [5.74, 6) is -3.44. The van der Waals surface area contributed by atoms with Gasteiger partial charge in [-0.15, -0.1) is 0 Å². The number of ether oxygens (including phenoxy) is 1. The minimum Gasteiger partial charge on any atom is -0.481 e. The molecule has 1 heterocycles. The molecule has 28 heavy (non-hydrogen) atoms. The maximum absolute atomic E-state index is 13.9. The Hall–Kier alpha value is -3.03. The van der Waals surface area contributed by atoms with Crippen molar-refractivity contribution in [3.8, 4) is 0 Å². The van der Waals surface area contributed by atoms with Gasteiger partial charge in [0.1, 0.15) is 6.61 Å². The zero-order chi connectivity index (χ0) is 20.4. The molecule has 3 rings (SSSR count). The van der Waals surface area contributed by atoms with Gasteiger partial charge in [0.05, 0.1) is 0 Å². The third-order valence-electron chi connectivity index (χ3n) is 4.99. The van der Waals surface area contributed by atoms with Gasteiger partial charge in [0, 0.05) is 19.0 Å². The van der Waals surface area contributed by atoms with E-state index < -0.39 is 42.7 Å². The molecule has 1 aliphatic heterocycles. The van der Waals surface area contributed by atoms with E-state index in [4.69, 9.17) is 4.74 Å². The summed E-state index contributed by atoms with van der Waals surface area (Å²) in [6.07, 6.45) is -6.02. The van der Waals surface area contributed by atoms with Crippen LogP contribution in [0.2, 0.25) is 0 Å². The zero-order valence-electron chi connectivity index (χ0n) is 14.7. The van der Waals surface area contributed by atoms with Gasteiger partial charge in [0.15, 0.2) is 5.41 Å². The van der Waals surface area contributed by atoms with Gasteiger partial charge in [-0.25, -0.2) is 4.79 Å². The number of rotatable bonds is 4. The maximum Gasteiger partial charge on any atom is 0.410 e. The fourth-order valence-electron chi connectivity index (χ4n) is 3.50. The summed E-state index contributed by atoms with van der Waals surface area (Å²) in [5.41, 5.74) is -2.21. The Labute approximate surface area is 159 Å². The summed E-state index contributed by atoms with van der Waals surface area (Å²) in [7, 11) is 0. The molecule has 0 unspecified atom stereocenters. The first-order valence-corrected chi connectivity index (χ1v) is 8.56. The lowest BCUT2D eigenvalue weighted by Crippen LogP contribution is -2.50. The molecule has 5 nitrogen and oxygen atoms in total. The van der Waals surface area contributed by atoms with Gasteiger partial charge < -0.3 is 14.7 Å². The first-order valence-electron chi connectivity index (χ1n) is 8.56. The van der Waals surface area contributed by atoms with E-state index in [0.717, 1.165) is 4.90 Å². The Morgan fingerprint density at radius 2 is 1.64 bits per heavy atom. The van der Waals surface area contributed by atoms with Gasteiger partial charge in [-0.2, -0.15) is 13.2 Å². The molecular weight excluding hydrogens is 375 g/mol. The number of hydrogen-bond acceptors (Lipinski definition) is 3. The van der Waals surface area contributed by atoms with Crippen LogP contribution < -0.4 is 0 Å². The summed E-state index contributed by atoms with van der Waals surface area (Å²) < 4.78 is 46.9. The van der Waals surface area contributed by atoms with Crippen LogP contribution in [0.5, 0.6) is 0 Å². The van der Waals surface area contributed by atoms with Crippen molar-refractivity contribution in [1.82, 2.24) is 4.90 Å². The lowest BCUT2D eigenvalue weighted by atomic mass is 9.74. The standard InChI is InChI=1S/C20H18F3NO4/c21-20(22,23)19(17(25)26)13-24(11-16(19)15-9-5-2-6-10-15)18(27)28-12-14-7-3-1-4-8-14/h1-10,16H,11-13H2,(H,25,26)/t16-,19-/m0/s1. The number of carbonyl (C=O) groups excluding carboxylic acids is 1. The molecule has 2 aromatic carbocycles. The Balaban J connectivity index is 1.87. The minimum absolute atomic E-state index is 0.113. The number of halogens is 3. The van der Waals surface area contributed by atoms with Gasteiger partial charge in [-0.3, -0.25) is 4.79 Å². The molecule has 0 aliphatic carbocycles. The molecule has 1 amide bonds. The second kappa shape index (κ2) is 7.53. The minimum atomic E-state index is -5.05. The average Bonchev–Trinajstić information content (AvgIpc) is 3.10. The largest absolute Gasteiger partial charge is 0.481 e. The van der Waals surface area contributed by atoms with E-state index in [0.29, 0.717) is 5.56 Å². The van der Waals surface area contributed by atoms with Crippen LogP contribution in [0.3, 0.4) is 0 Å². The maximum atomic E-state index is 13.9. The van der Waals surface area contributed by atoms with Crippen molar-refractivity contribution in [1.29, 1.82) is 0 Å². The molecule has 0 aromatic heterocycles. The molecule has 0 bridgehead atoms. The number of carboxylic acid groups (broad SMARTS) is 1. The fraction of sp³-hybridized carbons (Fsp3) is 0.300. The SMILES string of the molecule is O=C(OCc1ccccc1)N1C[C@@H](c2ccccc2)[C@@](C(=O)O)(C(F)(F)F)C1. The lowest BCUT2D eigenvalue weighted by molar-refractivity contribution is -0.231. The molecule has 1 saturated heterocycles. The number of amides is 1. The number of nitrogens with zero attached hydrogens (tertiary/aromatic N) is 1. The third kappa shape index (κ3) is 3.54. The Bertz CT molecular complexity index is 842.